The molecular weight excluding hydrogens is 335 g/mol. The summed E-state index contributed by atoms with van der Waals surface area (Å²) in [5, 5.41) is 0.138. The van der Waals surface area contributed by atoms with Gasteiger partial charge in [-0.1, -0.05) is 11.6 Å². The fraction of sp³-hybridized carbons (Fsp3) is 0.562. The van der Waals surface area contributed by atoms with Crippen LogP contribution in [-0.2, 0) is 0 Å². The summed E-state index contributed by atoms with van der Waals surface area (Å²) in [6, 6.07) is 0.105. The summed E-state index contributed by atoms with van der Waals surface area (Å²) in [5.41, 5.74) is 0.129. The molecule has 0 bridgehead atoms. The van der Waals surface area contributed by atoms with Crippen molar-refractivity contribution in [2.75, 3.05) is 26.8 Å². The number of fused-ring (bicyclic) bond motifs is 2. The summed E-state index contributed by atoms with van der Waals surface area (Å²) >= 11 is 5.75. The van der Waals surface area contributed by atoms with Gasteiger partial charge in [0.1, 0.15) is 12.1 Å². The van der Waals surface area contributed by atoms with Crippen molar-refractivity contribution >= 4 is 22.5 Å². The van der Waals surface area contributed by atoms with Gasteiger partial charge >= 0.3 is 6.01 Å². The molecule has 0 atom stereocenters. The van der Waals surface area contributed by atoms with Crippen LogP contribution >= 0.6 is 11.6 Å². The van der Waals surface area contributed by atoms with Gasteiger partial charge in [-0.25, -0.2) is 9.37 Å². The maximum atomic E-state index is 14.2. The lowest BCUT2D eigenvalue weighted by Gasteiger charge is -2.31. The van der Waals surface area contributed by atoms with Gasteiger partial charge in [0.05, 0.1) is 18.0 Å². The Morgan fingerprint density at radius 2 is 2.04 bits per heavy atom. The Morgan fingerprint density at radius 1 is 1.29 bits per heavy atom. The lowest BCUT2D eigenvalue weighted by molar-refractivity contribution is 0.107. The highest BCUT2D eigenvalue weighted by Crippen LogP contribution is 2.39. The van der Waals surface area contributed by atoms with Crippen molar-refractivity contribution in [2.24, 2.45) is 0 Å². The number of ether oxygens (including phenoxy) is 2. The Balaban J connectivity index is 1.66. The van der Waals surface area contributed by atoms with Gasteiger partial charge in [0, 0.05) is 6.20 Å². The quantitative estimate of drug-likeness (QED) is 0.788. The van der Waals surface area contributed by atoms with Crippen LogP contribution < -0.4 is 9.47 Å². The van der Waals surface area contributed by atoms with Gasteiger partial charge in [-0.3, -0.25) is 4.90 Å². The van der Waals surface area contributed by atoms with E-state index >= 15 is 0 Å². The predicted octanol–water partition coefficient (Wildman–Crippen LogP) is 2.83. The first-order chi connectivity index (χ1) is 11.6. The highest BCUT2D eigenvalue weighted by atomic mass is 35.5. The number of pyridine rings is 1. The summed E-state index contributed by atoms with van der Waals surface area (Å²) in [7, 11) is 1.46. The molecule has 4 rings (SSSR count). The van der Waals surface area contributed by atoms with Gasteiger partial charge < -0.3 is 9.47 Å². The van der Waals surface area contributed by atoms with E-state index in [1.807, 2.05) is 0 Å². The minimum Gasteiger partial charge on any atom is -0.480 e. The number of aromatic nitrogens is 3. The van der Waals surface area contributed by atoms with E-state index in [2.05, 4.69) is 19.9 Å². The lowest BCUT2D eigenvalue weighted by Crippen LogP contribution is -2.43. The van der Waals surface area contributed by atoms with Crippen molar-refractivity contribution in [3.05, 3.63) is 17.2 Å². The van der Waals surface area contributed by atoms with Gasteiger partial charge in [0.15, 0.2) is 11.0 Å². The summed E-state index contributed by atoms with van der Waals surface area (Å²) in [5.74, 6) is -0.466. The molecule has 2 aliphatic heterocycles. The average Bonchev–Trinajstić information content (AvgIpc) is 3.16. The Hall–Kier alpha value is -1.73. The van der Waals surface area contributed by atoms with E-state index < -0.39 is 5.82 Å². The van der Waals surface area contributed by atoms with Crippen molar-refractivity contribution in [3.63, 3.8) is 0 Å². The summed E-state index contributed by atoms with van der Waals surface area (Å²) in [4.78, 5) is 14.7. The van der Waals surface area contributed by atoms with Crippen molar-refractivity contribution in [3.8, 4) is 11.9 Å². The van der Waals surface area contributed by atoms with Crippen molar-refractivity contribution in [1.82, 2.24) is 19.9 Å². The molecule has 4 heterocycles. The fourth-order valence-electron chi connectivity index (χ4n) is 3.87. The van der Waals surface area contributed by atoms with Crippen LogP contribution in [0.4, 0.5) is 4.39 Å². The second-order valence-electron chi connectivity index (χ2n) is 6.35. The molecule has 2 aromatic rings. The molecule has 24 heavy (non-hydrogen) atoms. The second kappa shape index (κ2) is 5.97. The van der Waals surface area contributed by atoms with Gasteiger partial charge in [0.25, 0.3) is 0 Å². The summed E-state index contributed by atoms with van der Waals surface area (Å²) in [6.07, 6.45) is 5.99. The third-order valence-corrected chi connectivity index (χ3v) is 5.32. The molecule has 0 unspecified atom stereocenters. The summed E-state index contributed by atoms with van der Waals surface area (Å²) < 4.78 is 25.3. The molecule has 128 valence electrons. The smallest absolute Gasteiger partial charge is 0.320 e. The van der Waals surface area contributed by atoms with Crippen molar-refractivity contribution < 1.29 is 13.9 Å². The molecule has 2 aromatic heterocycles. The van der Waals surface area contributed by atoms with Crippen molar-refractivity contribution in [1.29, 1.82) is 0 Å². The number of hydrogen-bond donors (Lipinski definition) is 0. The molecule has 0 amide bonds. The summed E-state index contributed by atoms with van der Waals surface area (Å²) in [6.45, 7) is 2.73. The van der Waals surface area contributed by atoms with Crippen LogP contribution in [0, 0.1) is 5.82 Å². The molecular formula is C16H18ClFN4O2. The van der Waals surface area contributed by atoms with Crippen LogP contribution in [0.15, 0.2) is 6.20 Å². The van der Waals surface area contributed by atoms with E-state index in [0.717, 1.165) is 25.9 Å². The molecule has 8 heteroatoms. The first kappa shape index (κ1) is 15.8. The van der Waals surface area contributed by atoms with Crippen LogP contribution in [-0.4, -0.2) is 52.2 Å². The number of hydrogen-bond acceptors (Lipinski definition) is 6. The standard InChI is InChI=1S/C16H18ClFN4O2/c1-23-14-10-8-19-13(17)11(18)12(10)20-15(21-14)24-9-16-4-2-6-22(16)7-3-5-16/h8H,2-7,9H2,1H3. The minimum atomic E-state index is -0.693. The molecule has 0 radical (unpaired) electrons. The van der Waals surface area contributed by atoms with Gasteiger partial charge in [-0.2, -0.15) is 9.97 Å². The third kappa shape index (κ3) is 2.46. The molecule has 0 aromatic carbocycles. The van der Waals surface area contributed by atoms with E-state index in [9.17, 15) is 4.39 Å². The number of nitrogens with zero attached hydrogens (tertiary/aromatic N) is 4. The number of halogens is 2. The van der Waals surface area contributed by atoms with Gasteiger partial charge in [-0.05, 0) is 38.8 Å². The minimum absolute atomic E-state index is 0.0593. The monoisotopic (exact) mass is 352 g/mol. The van der Waals surface area contributed by atoms with E-state index in [1.54, 1.807) is 0 Å². The SMILES string of the molecule is COc1nc(OCC23CCCN2CCC3)nc2c(F)c(Cl)ncc12. The Morgan fingerprint density at radius 3 is 2.75 bits per heavy atom. The molecule has 0 spiro atoms. The zero-order chi connectivity index (χ0) is 16.7. The van der Waals surface area contributed by atoms with E-state index in [-0.39, 0.29) is 28.1 Å². The van der Waals surface area contributed by atoms with Crippen LogP contribution in [0.1, 0.15) is 25.7 Å². The molecule has 2 aliphatic rings. The zero-order valence-corrected chi connectivity index (χ0v) is 14.1. The third-order valence-electron chi connectivity index (χ3n) is 5.06. The molecule has 2 fully saturated rings. The largest absolute Gasteiger partial charge is 0.480 e. The van der Waals surface area contributed by atoms with Crippen LogP contribution in [0.2, 0.25) is 5.15 Å². The fourth-order valence-corrected chi connectivity index (χ4v) is 4.01. The molecule has 6 nitrogen and oxygen atoms in total. The maximum absolute atomic E-state index is 14.2. The lowest BCUT2D eigenvalue weighted by atomic mass is 9.95. The first-order valence-corrected chi connectivity index (χ1v) is 8.44. The van der Waals surface area contributed by atoms with E-state index in [1.165, 1.54) is 26.1 Å². The van der Waals surface area contributed by atoms with Gasteiger partial charge in [0.2, 0.25) is 5.88 Å². The molecule has 0 saturated carbocycles. The Bertz CT molecular complexity index is 778. The number of methoxy groups -OCH3 is 1. The molecule has 0 aliphatic carbocycles. The molecule has 2 saturated heterocycles. The Kier molecular flexibility index (Phi) is 3.92. The zero-order valence-electron chi connectivity index (χ0n) is 13.4. The van der Waals surface area contributed by atoms with Crippen LogP contribution in [0.5, 0.6) is 11.9 Å². The highest BCUT2D eigenvalue weighted by molar-refractivity contribution is 6.30. The van der Waals surface area contributed by atoms with Crippen LogP contribution in [0.25, 0.3) is 10.9 Å². The van der Waals surface area contributed by atoms with E-state index in [4.69, 9.17) is 21.1 Å². The topological polar surface area (TPSA) is 60.4 Å². The second-order valence-corrected chi connectivity index (χ2v) is 6.71. The highest BCUT2D eigenvalue weighted by Gasteiger charge is 2.45. The van der Waals surface area contributed by atoms with Gasteiger partial charge in [-0.15, -0.1) is 0 Å². The Labute approximate surface area is 144 Å². The predicted molar refractivity (Wildman–Crippen MR) is 87.1 cm³/mol. The number of rotatable bonds is 4. The maximum Gasteiger partial charge on any atom is 0.320 e. The van der Waals surface area contributed by atoms with Crippen molar-refractivity contribution in [2.45, 2.75) is 31.2 Å². The van der Waals surface area contributed by atoms with Crippen LogP contribution in [0.3, 0.4) is 0 Å². The normalized spacial score (nSPS) is 19.6. The first-order valence-electron chi connectivity index (χ1n) is 8.06. The average molecular weight is 353 g/mol. The van der Waals surface area contributed by atoms with E-state index in [0.29, 0.717) is 12.0 Å². The molecule has 0 N–H and O–H groups in total.